The first-order valence-electron chi connectivity index (χ1n) is 5.93. The van der Waals surface area contributed by atoms with Crippen molar-refractivity contribution in [2.45, 2.75) is 20.8 Å². The van der Waals surface area contributed by atoms with E-state index in [1.54, 1.807) is 0 Å². The van der Waals surface area contributed by atoms with E-state index in [4.69, 9.17) is 0 Å². The van der Waals surface area contributed by atoms with Gasteiger partial charge in [0.25, 0.3) is 0 Å². The van der Waals surface area contributed by atoms with Gasteiger partial charge in [0.05, 0.1) is 0 Å². The molecule has 0 aromatic heterocycles. The van der Waals surface area contributed by atoms with Gasteiger partial charge in [0.1, 0.15) is 0 Å². The summed E-state index contributed by atoms with van der Waals surface area (Å²) in [6.45, 7) is 7.75. The number of thiol groups is 1. The monoisotopic (exact) mass is 237 g/mol. The molecule has 1 nitrogen and oxygen atoms in total. The van der Waals surface area contributed by atoms with Crippen molar-refractivity contribution in [3.8, 4) is 0 Å². The molecule has 0 amide bonds. The van der Waals surface area contributed by atoms with Crippen LogP contribution in [0.3, 0.4) is 0 Å². The first-order chi connectivity index (χ1) is 7.54. The SMILES string of the molecule is Cc1cccc(N(C)CC(CS)C(C)C)c1. The first kappa shape index (κ1) is 13.4. The van der Waals surface area contributed by atoms with E-state index in [0.717, 1.165) is 12.3 Å². The quantitative estimate of drug-likeness (QED) is 0.765. The fraction of sp³-hybridized carbons (Fsp3) is 0.571. The molecule has 0 aliphatic heterocycles. The average Bonchev–Trinajstić information content (AvgIpc) is 2.25. The number of anilines is 1. The summed E-state index contributed by atoms with van der Waals surface area (Å²) in [5, 5.41) is 0. The van der Waals surface area contributed by atoms with Crippen molar-refractivity contribution in [1.82, 2.24) is 0 Å². The highest BCUT2D eigenvalue weighted by atomic mass is 32.1. The van der Waals surface area contributed by atoms with Gasteiger partial charge >= 0.3 is 0 Å². The van der Waals surface area contributed by atoms with Crippen molar-refractivity contribution >= 4 is 18.3 Å². The lowest BCUT2D eigenvalue weighted by molar-refractivity contribution is 0.430. The van der Waals surface area contributed by atoms with Crippen molar-refractivity contribution in [3.63, 3.8) is 0 Å². The number of rotatable bonds is 5. The van der Waals surface area contributed by atoms with Crippen LogP contribution in [0.4, 0.5) is 5.69 Å². The molecule has 1 atom stereocenters. The third-order valence-electron chi connectivity index (χ3n) is 3.13. The van der Waals surface area contributed by atoms with Crippen molar-refractivity contribution in [2.24, 2.45) is 11.8 Å². The maximum absolute atomic E-state index is 4.44. The molecule has 0 aliphatic rings. The van der Waals surface area contributed by atoms with E-state index < -0.39 is 0 Å². The minimum atomic E-state index is 0.647. The van der Waals surface area contributed by atoms with Gasteiger partial charge in [-0.05, 0) is 42.2 Å². The molecule has 0 bridgehead atoms. The van der Waals surface area contributed by atoms with Gasteiger partial charge in [-0.15, -0.1) is 0 Å². The summed E-state index contributed by atoms with van der Waals surface area (Å²) in [4.78, 5) is 2.33. The molecule has 90 valence electrons. The lowest BCUT2D eigenvalue weighted by Crippen LogP contribution is -2.29. The van der Waals surface area contributed by atoms with Gasteiger partial charge in [0, 0.05) is 19.3 Å². The molecule has 1 aromatic rings. The molecule has 2 heteroatoms. The molecule has 1 unspecified atom stereocenters. The van der Waals surface area contributed by atoms with Crippen molar-refractivity contribution in [1.29, 1.82) is 0 Å². The Kier molecular flexibility index (Phi) is 5.20. The largest absolute Gasteiger partial charge is 0.374 e. The molecule has 0 heterocycles. The van der Waals surface area contributed by atoms with E-state index >= 15 is 0 Å². The summed E-state index contributed by atoms with van der Waals surface area (Å²) >= 11 is 4.44. The second-order valence-corrected chi connectivity index (χ2v) is 5.27. The van der Waals surface area contributed by atoms with E-state index in [2.05, 4.69) is 69.6 Å². The van der Waals surface area contributed by atoms with Crippen LogP contribution in [0.2, 0.25) is 0 Å². The molecule has 1 aromatic carbocycles. The van der Waals surface area contributed by atoms with Crippen LogP contribution >= 0.6 is 12.6 Å². The Labute approximate surface area is 105 Å². The summed E-state index contributed by atoms with van der Waals surface area (Å²) in [5.41, 5.74) is 2.61. The zero-order valence-corrected chi connectivity index (χ0v) is 11.7. The van der Waals surface area contributed by atoms with E-state index in [9.17, 15) is 0 Å². The molecule has 1 rings (SSSR count). The van der Waals surface area contributed by atoms with Gasteiger partial charge in [0.15, 0.2) is 0 Å². The van der Waals surface area contributed by atoms with Crippen LogP contribution in [0.25, 0.3) is 0 Å². The van der Waals surface area contributed by atoms with E-state index in [-0.39, 0.29) is 0 Å². The third kappa shape index (κ3) is 3.75. The number of hydrogen-bond donors (Lipinski definition) is 1. The zero-order valence-electron chi connectivity index (χ0n) is 10.8. The number of aryl methyl sites for hydroxylation is 1. The van der Waals surface area contributed by atoms with E-state index in [1.807, 2.05) is 0 Å². The van der Waals surface area contributed by atoms with Crippen molar-refractivity contribution in [3.05, 3.63) is 29.8 Å². The first-order valence-corrected chi connectivity index (χ1v) is 6.56. The Hall–Kier alpha value is -0.630. The van der Waals surface area contributed by atoms with Crippen LogP contribution in [0, 0.1) is 18.8 Å². The standard InChI is InChI=1S/C14H23NS/c1-11(2)13(10-16)9-15(4)14-7-5-6-12(3)8-14/h5-8,11,13,16H,9-10H2,1-4H3. The smallest absolute Gasteiger partial charge is 0.0366 e. The molecular weight excluding hydrogens is 214 g/mol. The predicted molar refractivity (Wildman–Crippen MR) is 76.6 cm³/mol. The van der Waals surface area contributed by atoms with Crippen LogP contribution in [0.15, 0.2) is 24.3 Å². The summed E-state index contributed by atoms with van der Waals surface area (Å²) in [6, 6.07) is 8.65. The van der Waals surface area contributed by atoms with Gasteiger partial charge in [-0.1, -0.05) is 26.0 Å². The summed E-state index contributed by atoms with van der Waals surface area (Å²) in [7, 11) is 2.16. The number of hydrogen-bond acceptors (Lipinski definition) is 2. The van der Waals surface area contributed by atoms with Gasteiger partial charge in [-0.3, -0.25) is 0 Å². The molecule has 0 saturated carbocycles. The molecule has 0 fully saturated rings. The fourth-order valence-corrected chi connectivity index (χ4v) is 2.34. The molecule has 16 heavy (non-hydrogen) atoms. The topological polar surface area (TPSA) is 3.24 Å². The Morgan fingerprint density at radius 3 is 2.50 bits per heavy atom. The van der Waals surface area contributed by atoms with Gasteiger partial charge < -0.3 is 4.90 Å². The van der Waals surface area contributed by atoms with Crippen LogP contribution < -0.4 is 4.90 Å². The van der Waals surface area contributed by atoms with Crippen molar-refractivity contribution in [2.75, 3.05) is 24.2 Å². The maximum atomic E-state index is 4.44. The maximum Gasteiger partial charge on any atom is 0.0366 e. The molecule has 0 saturated heterocycles. The second kappa shape index (κ2) is 6.19. The van der Waals surface area contributed by atoms with Crippen LogP contribution in [0.1, 0.15) is 19.4 Å². The molecule has 0 spiro atoms. The minimum Gasteiger partial charge on any atom is -0.374 e. The highest BCUT2D eigenvalue weighted by molar-refractivity contribution is 7.80. The van der Waals surface area contributed by atoms with Crippen molar-refractivity contribution < 1.29 is 0 Å². The number of benzene rings is 1. The Morgan fingerprint density at radius 1 is 1.31 bits per heavy atom. The molecule has 0 radical (unpaired) electrons. The molecular formula is C14H23NS. The molecule has 0 aliphatic carbocycles. The highest BCUT2D eigenvalue weighted by Crippen LogP contribution is 2.19. The van der Waals surface area contributed by atoms with Crippen LogP contribution in [0.5, 0.6) is 0 Å². The zero-order chi connectivity index (χ0) is 12.1. The fourth-order valence-electron chi connectivity index (χ4n) is 1.80. The predicted octanol–water partition coefficient (Wildman–Crippen LogP) is 3.63. The normalized spacial score (nSPS) is 12.9. The average molecular weight is 237 g/mol. The Balaban J connectivity index is 2.67. The van der Waals surface area contributed by atoms with Crippen LogP contribution in [-0.4, -0.2) is 19.3 Å². The molecule has 0 N–H and O–H groups in total. The second-order valence-electron chi connectivity index (χ2n) is 4.91. The summed E-state index contributed by atoms with van der Waals surface area (Å²) in [6.07, 6.45) is 0. The highest BCUT2D eigenvalue weighted by Gasteiger charge is 2.14. The summed E-state index contributed by atoms with van der Waals surface area (Å²) in [5.74, 6) is 2.28. The summed E-state index contributed by atoms with van der Waals surface area (Å²) < 4.78 is 0. The van der Waals surface area contributed by atoms with Gasteiger partial charge in [-0.25, -0.2) is 0 Å². The van der Waals surface area contributed by atoms with Gasteiger partial charge in [0.2, 0.25) is 0 Å². The number of nitrogens with zero attached hydrogens (tertiary/aromatic N) is 1. The van der Waals surface area contributed by atoms with Crippen LogP contribution in [-0.2, 0) is 0 Å². The Bertz CT molecular complexity index is 322. The van der Waals surface area contributed by atoms with E-state index in [1.165, 1.54) is 11.3 Å². The third-order valence-corrected chi connectivity index (χ3v) is 3.60. The van der Waals surface area contributed by atoms with E-state index in [0.29, 0.717) is 11.8 Å². The minimum absolute atomic E-state index is 0.647. The lowest BCUT2D eigenvalue weighted by Gasteiger charge is -2.27. The Morgan fingerprint density at radius 2 is 2.00 bits per heavy atom. The van der Waals surface area contributed by atoms with Gasteiger partial charge in [-0.2, -0.15) is 12.6 Å². The lowest BCUT2D eigenvalue weighted by atomic mass is 9.97.